The molecule has 0 saturated heterocycles. The summed E-state index contributed by atoms with van der Waals surface area (Å²) in [5.74, 6) is -3.34. The molecule has 0 aliphatic heterocycles. The summed E-state index contributed by atoms with van der Waals surface area (Å²) < 4.78 is 62.7. The number of methoxy groups -OCH3 is 1. The molecule has 0 aliphatic carbocycles. The molecule has 3 rings (SSSR count). The number of hydrazone groups is 1. The van der Waals surface area contributed by atoms with E-state index in [0.717, 1.165) is 18.2 Å². The van der Waals surface area contributed by atoms with E-state index in [2.05, 4.69) is 15.7 Å². The Balaban J connectivity index is 1.54. The van der Waals surface area contributed by atoms with E-state index in [1.54, 1.807) is 0 Å². The summed E-state index contributed by atoms with van der Waals surface area (Å²) in [6, 6.07) is 13.9. The minimum absolute atomic E-state index is 0.0448. The van der Waals surface area contributed by atoms with E-state index >= 15 is 0 Å². The fourth-order valence-corrected chi connectivity index (χ4v) is 2.96. The fraction of sp³-hybridized carbons (Fsp3) is 0.120. The summed E-state index contributed by atoms with van der Waals surface area (Å²) in [6.45, 7) is -0.521. The molecule has 198 valence electrons. The number of nitrogens with one attached hydrogen (secondary N) is 3. The Morgan fingerprint density at radius 2 is 1.68 bits per heavy atom. The Hall–Kier alpha value is -4.94. The van der Waals surface area contributed by atoms with Crippen molar-refractivity contribution in [3.63, 3.8) is 0 Å². The number of benzene rings is 3. The number of rotatable bonds is 8. The van der Waals surface area contributed by atoms with E-state index in [0.29, 0.717) is 5.56 Å². The van der Waals surface area contributed by atoms with Crippen molar-refractivity contribution < 1.29 is 41.4 Å². The molecule has 3 aromatic carbocycles. The summed E-state index contributed by atoms with van der Waals surface area (Å²) in [5.41, 5.74) is 1.30. The molecule has 3 amide bonds. The van der Waals surface area contributed by atoms with Crippen molar-refractivity contribution in [2.75, 3.05) is 24.4 Å². The van der Waals surface area contributed by atoms with E-state index in [1.165, 1.54) is 61.9 Å². The lowest BCUT2D eigenvalue weighted by Gasteiger charge is -2.12. The van der Waals surface area contributed by atoms with Crippen molar-refractivity contribution in [2.24, 2.45) is 5.10 Å². The molecule has 0 aliphatic rings. The van der Waals surface area contributed by atoms with Gasteiger partial charge in [-0.1, -0.05) is 18.2 Å². The molecule has 38 heavy (non-hydrogen) atoms. The van der Waals surface area contributed by atoms with Crippen LogP contribution in [0, 0.1) is 5.82 Å². The summed E-state index contributed by atoms with van der Waals surface area (Å²) in [5, 5.41) is 8.09. The fourth-order valence-electron chi connectivity index (χ4n) is 2.96. The van der Waals surface area contributed by atoms with Crippen LogP contribution in [0.5, 0.6) is 11.5 Å². The first-order chi connectivity index (χ1) is 18.1. The van der Waals surface area contributed by atoms with Crippen molar-refractivity contribution in [1.82, 2.24) is 5.43 Å². The maximum atomic E-state index is 13.6. The molecule has 13 heteroatoms. The molecule has 3 aromatic rings. The Morgan fingerprint density at radius 3 is 2.39 bits per heavy atom. The van der Waals surface area contributed by atoms with Crippen LogP contribution in [0.25, 0.3) is 0 Å². The SMILES string of the molecule is COc1cc(/C=N\NC(=O)C(=O)Nc2ccccc2F)ccc1OCC(=O)Nc1cccc(C(F)(F)F)c1. The predicted molar refractivity (Wildman–Crippen MR) is 129 cm³/mol. The molecule has 9 nitrogen and oxygen atoms in total. The van der Waals surface area contributed by atoms with Gasteiger partial charge in [0.2, 0.25) is 0 Å². The van der Waals surface area contributed by atoms with E-state index in [9.17, 15) is 31.9 Å². The van der Waals surface area contributed by atoms with Crippen LogP contribution in [0.3, 0.4) is 0 Å². The zero-order chi connectivity index (χ0) is 27.7. The molecule has 0 aromatic heterocycles. The van der Waals surface area contributed by atoms with Gasteiger partial charge in [-0.25, -0.2) is 9.82 Å². The lowest BCUT2D eigenvalue weighted by Crippen LogP contribution is -2.32. The molecule has 0 unspecified atom stereocenters. The van der Waals surface area contributed by atoms with E-state index in [4.69, 9.17) is 9.47 Å². The maximum Gasteiger partial charge on any atom is 0.416 e. The van der Waals surface area contributed by atoms with Crippen LogP contribution >= 0.6 is 0 Å². The summed E-state index contributed by atoms with van der Waals surface area (Å²) in [7, 11) is 1.33. The van der Waals surface area contributed by atoms with Gasteiger partial charge in [0, 0.05) is 5.69 Å². The lowest BCUT2D eigenvalue weighted by molar-refractivity contribution is -0.137. The van der Waals surface area contributed by atoms with Crippen LogP contribution in [-0.4, -0.2) is 37.7 Å². The number of carbonyl (C=O) groups excluding carboxylic acids is 3. The molecule has 0 bridgehead atoms. The molecule has 0 radical (unpaired) electrons. The number of para-hydroxylation sites is 1. The van der Waals surface area contributed by atoms with E-state index < -0.39 is 41.9 Å². The molecule has 0 fully saturated rings. The first-order valence-corrected chi connectivity index (χ1v) is 10.7. The van der Waals surface area contributed by atoms with Crippen LogP contribution in [0.1, 0.15) is 11.1 Å². The van der Waals surface area contributed by atoms with E-state index in [-0.39, 0.29) is 22.9 Å². The minimum Gasteiger partial charge on any atom is -0.493 e. The van der Waals surface area contributed by atoms with Crippen molar-refractivity contribution in [1.29, 1.82) is 0 Å². The van der Waals surface area contributed by atoms with Crippen LogP contribution in [0.15, 0.2) is 71.8 Å². The monoisotopic (exact) mass is 532 g/mol. The standard InChI is InChI=1S/C25H20F4N4O5/c1-37-21-11-15(13-30-33-24(36)23(35)32-19-8-3-2-7-18(19)26)9-10-20(21)38-14-22(34)31-17-6-4-5-16(12-17)25(27,28)29/h2-13H,14H2,1H3,(H,31,34)(H,32,35)(H,33,36)/b30-13-. The Kier molecular flexibility index (Phi) is 8.98. The van der Waals surface area contributed by atoms with E-state index in [1.807, 2.05) is 5.43 Å². The second-order valence-electron chi connectivity index (χ2n) is 7.46. The first kappa shape index (κ1) is 27.6. The van der Waals surface area contributed by atoms with Crippen molar-refractivity contribution in [2.45, 2.75) is 6.18 Å². The topological polar surface area (TPSA) is 118 Å². The second-order valence-corrected chi connectivity index (χ2v) is 7.46. The molecule has 0 heterocycles. The number of hydrogen-bond donors (Lipinski definition) is 3. The average molecular weight is 532 g/mol. The highest BCUT2D eigenvalue weighted by Crippen LogP contribution is 2.31. The summed E-state index contributed by atoms with van der Waals surface area (Å²) >= 11 is 0. The van der Waals surface area contributed by atoms with Gasteiger partial charge in [0.05, 0.1) is 24.6 Å². The van der Waals surface area contributed by atoms with Gasteiger partial charge in [-0.15, -0.1) is 0 Å². The van der Waals surface area contributed by atoms with Crippen LogP contribution in [-0.2, 0) is 20.6 Å². The van der Waals surface area contributed by atoms with Crippen molar-refractivity contribution in [3.8, 4) is 11.5 Å². The molecular formula is C25H20F4N4O5. The zero-order valence-electron chi connectivity index (χ0n) is 19.6. The first-order valence-electron chi connectivity index (χ1n) is 10.7. The maximum absolute atomic E-state index is 13.6. The van der Waals surface area contributed by atoms with Crippen molar-refractivity contribution in [3.05, 3.63) is 83.7 Å². The van der Waals surface area contributed by atoms with Crippen LogP contribution in [0.4, 0.5) is 28.9 Å². The number of nitrogens with zero attached hydrogens (tertiary/aromatic N) is 1. The molecule has 0 spiro atoms. The third kappa shape index (κ3) is 7.78. The Labute approximate surface area is 213 Å². The van der Waals surface area contributed by atoms with Gasteiger partial charge in [-0.05, 0) is 54.1 Å². The molecule has 0 atom stereocenters. The summed E-state index contributed by atoms with van der Waals surface area (Å²) in [6.07, 6.45) is -3.35. The zero-order valence-corrected chi connectivity index (χ0v) is 19.6. The summed E-state index contributed by atoms with van der Waals surface area (Å²) in [4.78, 5) is 35.9. The largest absolute Gasteiger partial charge is 0.493 e. The van der Waals surface area contributed by atoms with Gasteiger partial charge >= 0.3 is 18.0 Å². The highest BCUT2D eigenvalue weighted by atomic mass is 19.4. The Bertz CT molecular complexity index is 1360. The minimum atomic E-state index is -4.55. The highest BCUT2D eigenvalue weighted by molar-refractivity contribution is 6.39. The third-order valence-corrected chi connectivity index (χ3v) is 4.73. The van der Waals surface area contributed by atoms with Crippen LogP contribution in [0.2, 0.25) is 0 Å². The van der Waals surface area contributed by atoms with Gasteiger partial charge < -0.3 is 20.1 Å². The number of amides is 3. The predicted octanol–water partition coefficient (Wildman–Crippen LogP) is 3.96. The second kappa shape index (κ2) is 12.3. The number of hydrogen-bond acceptors (Lipinski definition) is 6. The third-order valence-electron chi connectivity index (χ3n) is 4.73. The number of alkyl halides is 3. The quantitative estimate of drug-likeness (QED) is 0.176. The smallest absolute Gasteiger partial charge is 0.416 e. The Morgan fingerprint density at radius 1 is 0.921 bits per heavy atom. The molecular weight excluding hydrogens is 512 g/mol. The van der Waals surface area contributed by atoms with Gasteiger partial charge in [0.1, 0.15) is 5.82 Å². The lowest BCUT2D eigenvalue weighted by atomic mass is 10.2. The van der Waals surface area contributed by atoms with Gasteiger partial charge in [-0.3, -0.25) is 14.4 Å². The number of halogens is 4. The highest BCUT2D eigenvalue weighted by Gasteiger charge is 2.30. The number of anilines is 2. The van der Waals surface area contributed by atoms with Gasteiger partial charge in [0.15, 0.2) is 18.1 Å². The van der Waals surface area contributed by atoms with Crippen LogP contribution < -0.4 is 25.5 Å². The average Bonchev–Trinajstić information content (AvgIpc) is 2.88. The number of ether oxygens (including phenoxy) is 2. The normalized spacial score (nSPS) is 11.1. The van der Waals surface area contributed by atoms with Crippen molar-refractivity contribution >= 4 is 35.3 Å². The number of carbonyl (C=O) groups is 3. The van der Waals surface area contributed by atoms with Gasteiger partial charge in [-0.2, -0.15) is 18.3 Å². The molecule has 3 N–H and O–H groups in total. The van der Waals surface area contributed by atoms with Gasteiger partial charge in [0.25, 0.3) is 5.91 Å². The molecule has 0 saturated carbocycles.